The summed E-state index contributed by atoms with van der Waals surface area (Å²) in [6.07, 6.45) is 2.52. The van der Waals surface area contributed by atoms with E-state index in [0.29, 0.717) is 5.92 Å². The van der Waals surface area contributed by atoms with Crippen molar-refractivity contribution >= 4 is 11.3 Å². The molecule has 1 N–H and O–H groups in total. The molecule has 0 aliphatic carbocycles. The molecule has 1 aliphatic heterocycles. The van der Waals surface area contributed by atoms with E-state index >= 15 is 0 Å². The molecule has 0 amide bonds. The van der Waals surface area contributed by atoms with Crippen molar-refractivity contribution in [2.24, 2.45) is 0 Å². The first kappa shape index (κ1) is 11.0. The predicted octanol–water partition coefficient (Wildman–Crippen LogP) is 1.83. The Labute approximate surface area is 94.8 Å². The van der Waals surface area contributed by atoms with Gasteiger partial charge in [0.25, 0.3) is 0 Å². The minimum absolute atomic E-state index is 0.0702. The zero-order chi connectivity index (χ0) is 10.7. The molecular weight excluding hydrogens is 208 g/mol. The highest BCUT2D eigenvalue weighted by Crippen LogP contribution is 2.28. The molecule has 2 heterocycles. The maximum atomic E-state index is 8.98. The summed E-state index contributed by atoms with van der Waals surface area (Å²) in [6.45, 7) is 5.78. The van der Waals surface area contributed by atoms with Gasteiger partial charge in [-0.1, -0.05) is 6.92 Å². The smallest absolute Gasteiger partial charge is 0.0973 e. The van der Waals surface area contributed by atoms with E-state index in [4.69, 9.17) is 5.11 Å². The second kappa shape index (κ2) is 5.05. The summed E-state index contributed by atoms with van der Waals surface area (Å²) in [5.74, 6) is 0.587. The monoisotopic (exact) mass is 226 g/mol. The highest BCUT2D eigenvalue weighted by molar-refractivity contribution is 7.09. The molecule has 15 heavy (non-hydrogen) atoms. The second-order valence-corrected chi connectivity index (χ2v) is 4.96. The molecule has 1 aliphatic rings. The van der Waals surface area contributed by atoms with Crippen LogP contribution in [0.4, 0.5) is 0 Å². The first-order valence-electron chi connectivity index (χ1n) is 5.61. The van der Waals surface area contributed by atoms with Gasteiger partial charge in [0.15, 0.2) is 0 Å². The van der Waals surface area contributed by atoms with Crippen LogP contribution in [0.15, 0.2) is 5.38 Å². The summed E-state index contributed by atoms with van der Waals surface area (Å²) in [7, 11) is 0. The molecule has 0 spiro atoms. The Kier molecular flexibility index (Phi) is 3.72. The zero-order valence-electron chi connectivity index (χ0n) is 9.15. The van der Waals surface area contributed by atoms with Gasteiger partial charge in [-0.15, -0.1) is 11.3 Å². The Morgan fingerprint density at radius 3 is 3.20 bits per heavy atom. The highest BCUT2D eigenvalue weighted by Gasteiger charge is 2.22. The van der Waals surface area contributed by atoms with Crippen molar-refractivity contribution in [1.29, 1.82) is 0 Å². The van der Waals surface area contributed by atoms with Crippen LogP contribution in [0.1, 0.15) is 36.4 Å². The van der Waals surface area contributed by atoms with E-state index in [9.17, 15) is 0 Å². The van der Waals surface area contributed by atoms with Gasteiger partial charge in [0.1, 0.15) is 0 Å². The summed E-state index contributed by atoms with van der Waals surface area (Å²) >= 11 is 1.70. The van der Waals surface area contributed by atoms with E-state index in [2.05, 4.69) is 16.8 Å². The fraction of sp³-hybridized carbons (Fsp3) is 0.727. The molecule has 1 unspecified atom stereocenters. The largest absolute Gasteiger partial charge is 0.390 e. The average Bonchev–Trinajstić information content (AvgIpc) is 2.78. The van der Waals surface area contributed by atoms with Crippen LogP contribution in [0.25, 0.3) is 0 Å². The number of hydrogen-bond acceptors (Lipinski definition) is 4. The van der Waals surface area contributed by atoms with Crippen LogP contribution in [-0.2, 0) is 6.61 Å². The van der Waals surface area contributed by atoms with Gasteiger partial charge >= 0.3 is 0 Å². The number of piperidine rings is 1. The van der Waals surface area contributed by atoms with E-state index in [1.165, 1.54) is 24.4 Å². The van der Waals surface area contributed by atoms with E-state index in [-0.39, 0.29) is 6.61 Å². The molecule has 1 fully saturated rings. The molecule has 4 heteroatoms. The molecule has 1 aromatic heterocycles. The van der Waals surface area contributed by atoms with Gasteiger partial charge in [-0.3, -0.25) is 0 Å². The first-order chi connectivity index (χ1) is 7.33. The molecule has 0 aromatic carbocycles. The van der Waals surface area contributed by atoms with Gasteiger partial charge < -0.3 is 10.0 Å². The van der Waals surface area contributed by atoms with Crippen molar-refractivity contribution in [3.63, 3.8) is 0 Å². The van der Waals surface area contributed by atoms with Crippen molar-refractivity contribution in [1.82, 2.24) is 9.88 Å². The third kappa shape index (κ3) is 2.56. The number of hydrogen-bond donors (Lipinski definition) is 1. The van der Waals surface area contributed by atoms with E-state index in [0.717, 1.165) is 18.8 Å². The summed E-state index contributed by atoms with van der Waals surface area (Å²) in [4.78, 5) is 6.94. The molecule has 84 valence electrons. The predicted molar refractivity (Wildman–Crippen MR) is 62.1 cm³/mol. The minimum Gasteiger partial charge on any atom is -0.390 e. The zero-order valence-corrected chi connectivity index (χ0v) is 9.96. The minimum atomic E-state index is 0.0702. The number of aliphatic hydroxyl groups excluding tert-OH is 1. The fourth-order valence-corrected chi connectivity index (χ4v) is 3.07. The van der Waals surface area contributed by atoms with Crippen molar-refractivity contribution in [2.75, 3.05) is 19.6 Å². The lowest BCUT2D eigenvalue weighted by molar-refractivity contribution is 0.217. The quantitative estimate of drug-likeness (QED) is 0.854. The number of rotatable bonds is 3. The van der Waals surface area contributed by atoms with Crippen LogP contribution in [0.2, 0.25) is 0 Å². The maximum absolute atomic E-state index is 8.98. The third-order valence-electron chi connectivity index (χ3n) is 3.03. The highest BCUT2D eigenvalue weighted by atomic mass is 32.1. The molecule has 0 bridgehead atoms. The van der Waals surface area contributed by atoms with Gasteiger partial charge in [-0.05, 0) is 25.9 Å². The number of thiazole rings is 1. The van der Waals surface area contributed by atoms with Crippen molar-refractivity contribution < 1.29 is 5.11 Å². The normalized spacial score (nSPS) is 23.2. The Morgan fingerprint density at radius 2 is 2.53 bits per heavy atom. The molecule has 1 aromatic rings. The molecule has 0 saturated carbocycles. The number of nitrogens with zero attached hydrogens (tertiary/aromatic N) is 2. The molecule has 2 rings (SSSR count). The van der Waals surface area contributed by atoms with Crippen molar-refractivity contribution in [3.05, 3.63) is 16.1 Å². The Bertz CT molecular complexity index is 313. The number of aliphatic hydroxyl groups is 1. The van der Waals surface area contributed by atoms with Crippen LogP contribution in [-0.4, -0.2) is 34.6 Å². The second-order valence-electron chi connectivity index (χ2n) is 4.07. The number of likely N-dealkylation sites (N-methyl/N-ethyl adjacent to an activating group) is 1. The van der Waals surface area contributed by atoms with Crippen LogP contribution >= 0.6 is 11.3 Å². The topological polar surface area (TPSA) is 36.4 Å². The van der Waals surface area contributed by atoms with Crippen LogP contribution in [0.3, 0.4) is 0 Å². The maximum Gasteiger partial charge on any atom is 0.0973 e. The Morgan fingerprint density at radius 1 is 1.67 bits per heavy atom. The average molecular weight is 226 g/mol. The molecule has 1 saturated heterocycles. The van der Waals surface area contributed by atoms with Gasteiger partial charge in [0.2, 0.25) is 0 Å². The summed E-state index contributed by atoms with van der Waals surface area (Å²) < 4.78 is 0. The van der Waals surface area contributed by atoms with Crippen LogP contribution < -0.4 is 0 Å². The third-order valence-corrected chi connectivity index (χ3v) is 4.09. The summed E-state index contributed by atoms with van der Waals surface area (Å²) in [5.41, 5.74) is 0.823. The van der Waals surface area contributed by atoms with Crippen molar-refractivity contribution in [3.8, 4) is 0 Å². The van der Waals surface area contributed by atoms with E-state index in [1.54, 1.807) is 11.3 Å². The SMILES string of the molecule is CCN1CCCC(c2nc(CO)cs2)C1. The van der Waals surface area contributed by atoms with Gasteiger partial charge in [0, 0.05) is 17.8 Å². The van der Waals surface area contributed by atoms with Crippen molar-refractivity contribution in [2.45, 2.75) is 32.3 Å². The van der Waals surface area contributed by atoms with Gasteiger partial charge in [-0.25, -0.2) is 4.98 Å². The lowest BCUT2D eigenvalue weighted by Crippen LogP contribution is -2.34. The Hall–Kier alpha value is -0.450. The Balaban J connectivity index is 2.03. The lowest BCUT2D eigenvalue weighted by Gasteiger charge is -2.30. The lowest BCUT2D eigenvalue weighted by atomic mass is 9.99. The number of likely N-dealkylation sites (tertiary alicyclic amines) is 1. The first-order valence-corrected chi connectivity index (χ1v) is 6.49. The summed E-state index contributed by atoms with van der Waals surface area (Å²) in [5, 5.41) is 12.2. The summed E-state index contributed by atoms with van der Waals surface area (Å²) in [6, 6.07) is 0. The van der Waals surface area contributed by atoms with E-state index in [1.807, 2.05) is 5.38 Å². The molecule has 1 atom stereocenters. The van der Waals surface area contributed by atoms with E-state index < -0.39 is 0 Å². The number of aromatic nitrogens is 1. The molecular formula is C11H18N2OS. The fourth-order valence-electron chi connectivity index (χ4n) is 2.13. The van der Waals surface area contributed by atoms with Gasteiger partial charge in [-0.2, -0.15) is 0 Å². The van der Waals surface area contributed by atoms with Crippen LogP contribution in [0.5, 0.6) is 0 Å². The standard InChI is InChI=1S/C11H18N2OS/c1-2-13-5-3-4-9(6-13)11-12-10(7-14)8-15-11/h8-9,14H,2-7H2,1H3. The van der Waals surface area contributed by atoms with Crippen LogP contribution in [0, 0.1) is 0 Å². The van der Waals surface area contributed by atoms with Gasteiger partial charge in [0.05, 0.1) is 17.3 Å². The molecule has 3 nitrogen and oxygen atoms in total. The molecule has 0 radical (unpaired) electrons.